The van der Waals surface area contributed by atoms with E-state index >= 15 is 0 Å². The average molecular weight is 392 g/mol. The number of benzene rings is 1. The van der Waals surface area contributed by atoms with Crippen molar-refractivity contribution >= 4 is 5.91 Å². The van der Waals surface area contributed by atoms with Crippen LogP contribution >= 0.6 is 0 Å². The first-order chi connectivity index (χ1) is 13.3. The number of rotatable bonds is 9. The first-order valence-electron chi connectivity index (χ1n) is 10.5. The summed E-state index contributed by atoms with van der Waals surface area (Å²) in [6, 6.07) is 6.83. The van der Waals surface area contributed by atoms with Gasteiger partial charge in [-0.15, -0.1) is 0 Å². The van der Waals surface area contributed by atoms with E-state index in [0.29, 0.717) is 24.1 Å². The number of hydrogen-bond acceptors (Lipinski definition) is 5. The summed E-state index contributed by atoms with van der Waals surface area (Å²) in [6.45, 7) is 16.8. The minimum atomic E-state index is -0.00803. The van der Waals surface area contributed by atoms with Crippen LogP contribution in [0.4, 0.5) is 0 Å². The van der Waals surface area contributed by atoms with Crippen LogP contribution in [0.3, 0.4) is 0 Å². The molecule has 1 heterocycles. The third-order valence-corrected chi connectivity index (χ3v) is 4.92. The molecule has 1 saturated heterocycles. The minimum Gasteiger partial charge on any atom is -0.490 e. The van der Waals surface area contributed by atoms with Gasteiger partial charge in [-0.1, -0.05) is 6.07 Å². The van der Waals surface area contributed by atoms with Crippen LogP contribution in [0.2, 0.25) is 0 Å². The molecule has 1 amide bonds. The second kappa shape index (κ2) is 10.7. The molecule has 6 nitrogen and oxygen atoms in total. The number of nitrogens with one attached hydrogen (secondary N) is 1. The standard InChI is InChI=1S/C22H37N3O3/c1-7-27-21-12-19(14-24-11-10-23-18(6)13-24)8-9-20(21)28-15-22(26)25(16(2)3)17(4)5/h8-9,12,16-18,23H,7,10-11,13-15H2,1-6H3. The highest BCUT2D eigenvalue weighted by Crippen LogP contribution is 2.29. The third kappa shape index (κ3) is 6.38. The van der Waals surface area contributed by atoms with Crippen LogP contribution in [0.25, 0.3) is 0 Å². The number of amides is 1. The monoisotopic (exact) mass is 391 g/mol. The first-order valence-corrected chi connectivity index (χ1v) is 10.5. The molecule has 1 atom stereocenters. The maximum Gasteiger partial charge on any atom is 0.260 e. The molecule has 0 aromatic heterocycles. The zero-order valence-electron chi connectivity index (χ0n) is 18.3. The Labute approximate surface area is 170 Å². The van der Waals surface area contributed by atoms with Crippen molar-refractivity contribution in [2.75, 3.05) is 32.8 Å². The van der Waals surface area contributed by atoms with E-state index in [-0.39, 0.29) is 24.6 Å². The fourth-order valence-corrected chi connectivity index (χ4v) is 3.84. The molecule has 158 valence electrons. The van der Waals surface area contributed by atoms with Gasteiger partial charge in [0.05, 0.1) is 6.61 Å². The Bertz CT molecular complexity index is 625. The van der Waals surface area contributed by atoms with E-state index in [0.717, 1.165) is 26.2 Å². The molecule has 6 heteroatoms. The predicted octanol–water partition coefficient (Wildman–Crippen LogP) is 2.90. The lowest BCUT2D eigenvalue weighted by Gasteiger charge is -2.32. The third-order valence-electron chi connectivity index (χ3n) is 4.92. The van der Waals surface area contributed by atoms with Gasteiger partial charge >= 0.3 is 0 Å². The molecule has 1 fully saturated rings. The van der Waals surface area contributed by atoms with Crippen molar-refractivity contribution in [2.24, 2.45) is 0 Å². The molecule has 1 aromatic rings. The number of hydrogen-bond donors (Lipinski definition) is 1. The van der Waals surface area contributed by atoms with Gasteiger partial charge in [0, 0.05) is 44.3 Å². The van der Waals surface area contributed by atoms with Crippen molar-refractivity contribution in [3.8, 4) is 11.5 Å². The molecule has 1 aliphatic rings. The normalized spacial score (nSPS) is 17.8. The molecule has 1 aromatic carbocycles. The number of nitrogens with zero attached hydrogens (tertiary/aromatic N) is 2. The highest BCUT2D eigenvalue weighted by atomic mass is 16.5. The molecule has 0 aliphatic carbocycles. The van der Waals surface area contributed by atoms with Gasteiger partial charge in [-0.3, -0.25) is 9.69 Å². The Morgan fingerprint density at radius 3 is 2.54 bits per heavy atom. The van der Waals surface area contributed by atoms with Crippen molar-refractivity contribution in [1.82, 2.24) is 15.1 Å². The lowest BCUT2D eigenvalue weighted by Crippen LogP contribution is -2.48. The Morgan fingerprint density at radius 1 is 1.21 bits per heavy atom. The Kier molecular flexibility index (Phi) is 8.58. The van der Waals surface area contributed by atoms with Gasteiger partial charge in [0.25, 0.3) is 5.91 Å². The summed E-state index contributed by atoms with van der Waals surface area (Å²) in [5.74, 6) is 1.32. The molecule has 0 bridgehead atoms. The molecule has 1 unspecified atom stereocenters. The van der Waals surface area contributed by atoms with E-state index in [9.17, 15) is 4.79 Å². The van der Waals surface area contributed by atoms with Crippen LogP contribution in [0, 0.1) is 0 Å². The zero-order chi connectivity index (χ0) is 20.7. The number of ether oxygens (including phenoxy) is 2. The molecule has 1 N–H and O–H groups in total. The first kappa shape index (κ1) is 22.5. The molecule has 0 radical (unpaired) electrons. The maximum absolute atomic E-state index is 12.6. The summed E-state index contributed by atoms with van der Waals surface area (Å²) >= 11 is 0. The quantitative estimate of drug-likeness (QED) is 0.701. The average Bonchev–Trinajstić information content (AvgIpc) is 2.60. The Hall–Kier alpha value is -1.79. The number of carbonyl (C=O) groups is 1. The fourth-order valence-electron chi connectivity index (χ4n) is 3.84. The second-order valence-electron chi connectivity index (χ2n) is 8.08. The van der Waals surface area contributed by atoms with Crippen LogP contribution < -0.4 is 14.8 Å². The zero-order valence-corrected chi connectivity index (χ0v) is 18.3. The summed E-state index contributed by atoms with van der Waals surface area (Å²) < 4.78 is 11.6. The van der Waals surface area contributed by atoms with Crippen LogP contribution in [0.15, 0.2) is 18.2 Å². The van der Waals surface area contributed by atoms with Gasteiger partial charge < -0.3 is 19.7 Å². The summed E-state index contributed by atoms with van der Waals surface area (Å²) in [4.78, 5) is 16.9. The van der Waals surface area contributed by atoms with Crippen LogP contribution in [-0.2, 0) is 11.3 Å². The van der Waals surface area contributed by atoms with Gasteiger partial charge in [-0.25, -0.2) is 0 Å². The van der Waals surface area contributed by atoms with E-state index in [4.69, 9.17) is 9.47 Å². The van der Waals surface area contributed by atoms with Crippen molar-refractivity contribution < 1.29 is 14.3 Å². The summed E-state index contributed by atoms with van der Waals surface area (Å²) in [5, 5.41) is 3.47. The largest absolute Gasteiger partial charge is 0.490 e. The van der Waals surface area contributed by atoms with E-state index in [2.05, 4.69) is 23.2 Å². The van der Waals surface area contributed by atoms with Crippen LogP contribution in [0.1, 0.15) is 47.1 Å². The van der Waals surface area contributed by atoms with Crippen molar-refractivity contribution in [2.45, 2.75) is 66.2 Å². The van der Waals surface area contributed by atoms with Gasteiger partial charge in [0.2, 0.25) is 0 Å². The summed E-state index contributed by atoms with van der Waals surface area (Å²) in [5.41, 5.74) is 1.20. The molecular weight excluding hydrogens is 354 g/mol. The predicted molar refractivity (Wildman–Crippen MR) is 113 cm³/mol. The molecule has 0 saturated carbocycles. The Balaban J connectivity index is 2.04. The van der Waals surface area contributed by atoms with Crippen molar-refractivity contribution in [1.29, 1.82) is 0 Å². The van der Waals surface area contributed by atoms with Gasteiger partial charge in [0.15, 0.2) is 18.1 Å². The second-order valence-corrected chi connectivity index (χ2v) is 8.08. The van der Waals surface area contributed by atoms with Crippen LogP contribution in [-0.4, -0.2) is 66.7 Å². The minimum absolute atomic E-state index is 0.00803. The van der Waals surface area contributed by atoms with E-state index < -0.39 is 0 Å². The number of piperazine rings is 1. The molecule has 28 heavy (non-hydrogen) atoms. The fraction of sp³-hybridized carbons (Fsp3) is 0.682. The van der Waals surface area contributed by atoms with Gasteiger partial charge in [-0.05, 0) is 59.2 Å². The Morgan fingerprint density at radius 2 is 1.93 bits per heavy atom. The van der Waals surface area contributed by atoms with Crippen molar-refractivity contribution in [3.05, 3.63) is 23.8 Å². The molecule has 0 spiro atoms. The number of carbonyl (C=O) groups excluding carboxylic acids is 1. The smallest absolute Gasteiger partial charge is 0.260 e. The maximum atomic E-state index is 12.6. The summed E-state index contributed by atoms with van der Waals surface area (Å²) in [7, 11) is 0. The lowest BCUT2D eigenvalue weighted by molar-refractivity contribution is -0.137. The topological polar surface area (TPSA) is 54.0 Å². The van der Waals surface area contributed by atoms with Crippen molar-refractivity contribution in [3.63, 3.8) is 0 Å². The van der Waals surface area contributed by atoms with Gasteiger partial charge in [-0.2, -0.15) is 0 Å². The molecule has 1 aliphatic heterocycles. The summed E-state index contributed by atoms with van der Waals surface area (Å²) in [6.07, 6.45) is 0. The molecule has 2 rings (SSSR count). The highest BCUT2D eigenvalue weighted by molar-refractivity contribution is 5.78. The van der Waals surface area contributed by atoms with Gasteiger partial charge in [0.1, 0.15) is 0 Å². The van der Waals surface area contributed by atoms with E-state index in [1.165, 1.54) is 5.56 Å². The van der Waals surface area contributed by atoms with E-state index in [1.807, 2.05) is 51.7 Å². The molecular formula is C22H37N3O3. The lowest BCUT2D eigenvalue weighted by atomic mass is 10.1. The van der Waals surface area contributed by atoms with E-state index in [1.54, 1.807) is 0 Å². The highest BCUT2D eigenvalue weighted by Gasteiger charge is 2.21. The van der Waals surface area contributed by atoms with Crippen LogP contribution in [0.5, 0.6) is 11.5 Å². The SMILES string of the molecule is CCOc1cc(CN2CCNC(C)C2)ccc1OCC(=O)N(C(C)C)C(C)C.